The van der Waals surface area contributed by atoms with Crippen LogP contribution in [0.4, 0.5) is 11.8 Å². The van der Waals surface area contributed by atoms with Crippen LogP contribution < -0.4 is 10.2 Å². The summed E-state index contributed by atoms with van der Waals surface area (Å²) in [7, 11) is 0. The average molecular weight is 250 g/mol. The lowest BCUT2D eigenvalue weighted by atomic mass is 10.2. The Labute approximate surface area is 111 Å². The zero-order valence-electron chi connectivity index (χ0n) is 12.1. The van der Waals surface area contributed by atoms with E-state index in [1.54, 1.807) is 0 Å². The van der Waals surface area contributed by atoms with E-state index in [9.17, 15) is 0 Å². The molecule has 4 heteroatoms. The van der Waals surface area contributed by atoms with Gasteiger partial charge in [-0.25, -0.2) is 4.98 Å². The Bertz CT molecular complexity index is 332. The van der Waals surface area contributed by atoms with Gasteiger partial charge in [0.1, 0.15) is 5.82 Å². The minimum absolute atomic E-state index is 0.616. The molecule has 18 heavy (non-hydrogen) atoms. The molecular formula is C14H26N4. The number of anilines is 2. The largest absolute Gasteiger partial charge is 0.370 e. The van der Waals surface area contributed by atoms with Crippen LogP contribution in [-0.4, -0.2) is 29.6 Å². The number of aromatic nitrogens is 2. The second kappa shape index (κ2) is 7.90. The standard InChI is InChI=1S/C14H26N4/c1-5-9-18(10-6-2)14-15-8-7-13(17-14)16-11-12(3)4/h7-8,12H,5-6,9-11H2,1-4H3,(H,15,16,17). The van der Waals surface area contributed by atoms with Crippen molar-refractivity contribution in [3.05, 3.63) is 12.3 Å². The molecule has 0 bridgehead atoms. The molecule has 0 fully saturated rings. The van der Waals surface area contributed by atoms with E-state index in [1.165, 1.54) is 0 Å². The van der Waals surface area contributed by atoms with Crippen molar-refractivity contribution in [2.45, 2.75) is 40.5 Å². The molecule has 1 heterocycles. The molecule has 0 aliphatic carbocycles. The van der Waals surface area contributed by atoms with E-state index >= 15 is 0 Å². The molecule has 1 N–H and O–H groups in total. The van der Waals surface area contributed by atoms with Crippen LogP contribution in [0.2, 0.25) is 0 Å². The highest BCUT2D eigenvalue weighted by atomic mass is 15.3. The number of nitrogens with zero attached hydrogens (tertiary/aromatic N) is 3. The maximum Gasteiger partial charge on any atom is 0.227 e. The van der Waals surface area contributed by atoms with Crippen molar-refractivity contribution >= 4 is 11.8 Å². The Kier molecular flexibility index (Phi) is 6.47. The van der Waals surface area contributed by atoms with Gasteiger partial charge in [-0.2, -0.15) is 4.98 Å². The van der Waals surface area contributed by atoms with Crippen LogP contribution in [0.15, 0.2) is 12.3 Å². The summed E-state index contributed by atoms with van der Waals surface area (Å²) in [5.74, 6) is 2.38. The third kappa shape index (κ3) is 4.90. The highest BCUT2D eigenvalue weighted by Crippen LogP contribution is 2.12. The lowest BCUT2D eigenvalue weighted by Crippen LogP contribution is -2.27. The minimum Gasteiger partial charge on any atom is -0.370 e. The van der Waals surface area contributed by atoms with Gasteiger partial charge in [0.05, 0.1) is 0 Å². The molecule has 0 unspecified atom stereocenters. The van der Waals surface area contributed by atoms with Crippen LogP contribution in [0.5, 0.6) is 0 Å². The molecule has 1 rings (SSSR count). The van der Waals surface area contributed by atoms with Gasteiger partial charge < -0.3 is 10.2 Å². The first-order valence-electron chi connectivity index (χ1n) is 6.99. The summed E-state index contributed by atoms with van der Waals surface area (Å²) in [4.78, 5) is 11.2. The van der Waals surface area contributed by atoms with Crippen molar-refractivity contribution in [2.24, 2.45) is 5.92 Å². The van der Waals surface area contributed by atoms with Gasteiger partial charge >= 0.3 is 0 Å². The topological polar surface area (TPSA) is 41.1 Å². The Morgan fingerprint density at radius 1 is 1.22 bits per heavy atom. The van der Waals surface area contributed by atoms with Crippen molar-refractivity contribution in [1.29, 1.82) is 0 Å². The third-order valence-corrected chi connectivity index (χ3v) is 2.60. The van der Waals surface area contributed by atoms with Crippen LogP contribution in [0.1, 0.15) is 40.5 Å². The van der Waals surface area contributed by atoms with Crippen LogP contribution in [0, 0.1) is 5.92 Å². The Morgan fingerprint density at radius 2 is 1.89 bits per heavy atom. The molecule has 4 nitrogen and oxygen atoms in total. The molecular weight excluding hydrogens is 224 g/mol. The summed E-state index contributed by atoms with van der Waals surface area (Å²) < 4.78 is 0. The van der Waals surface area contributed by atoms with E-state index in [1.807, 2.05) is 12.3 Å². The van der Waals surface area contributed by atoms with E-state index < -0.39 is 0 Å². The fourth-order valence-corrected chi connectivity index (χ4v) is 1.76. The molecule has 1 aromatic heterocycles. The second-order valence-electron chi connectivity index (χ2n) is 5.00. The first kappa shape index (κ1) is 14.7. The van der Waals surface area contributed by atoms with E-state index in [0.29, 0.717) is 5.92 Å². The van der Waals surface area contributed by atoms with Crippen molar-refractivity contribution < 1.29 is 0 Å². The quantitative estimate of drug-likeness (QED) is 0.769. The second-order valence-corrected chi connectivity index (χ2v) is 5.00. The first-order chi connectivity index (χ1) is 8.67. The SMILES string of the molecule is CCCN(CCC)c1nccc(NCC(C)C)n1. The average Bonchev–Trinajstić information content (AvgIpc) is 2.36. The van der Waals surface area contributed by atoms with Gasteiger partial charge in [0.2, 0.25) is 5.95 Å². The van der Waals surface area contributed by atoms with Gasteiger partial charge in [-0.05, 0) is 24.8 Å². The summed E-state index contributed by atoms with van der Waals surface area (Å²) in [6.07, 6.45) is 4.07. The molecule has 0 spiro atoms. The number of hydrogen-bond donors (Lipinski definition) is 1. The molecule has 0 radical (unpaired) electrons. The molecule has 1 aromatic rings. The number of hydrogen-bond acceptors (Lipinski definition) is 4. The maximum absolute atomic E-state index is 4.59. The van der Waals surface area contributed by atoms with Crippen LogP contribution >= 0.6 is 0 Å². The van der Waals surface area contributed by atoms with E-state index in [-0.39, 0.29) is 0 Å². The molecule has 0 saturated heterocycles. The molecule has 0 aliphatic rings. The summed E-state index contributed by atoms with van der Waals surface area (Å²) in [5.41, 5.74) is 0. The summed E-state index contributed by atoms with van der Waals surface area (Å²) in [6.45, 7) is 11.7. The van der Waals surface area contributed by atoms with Gasteiger partial charge in [0.25, 0.3) is 0 Å². The van der Waals surface area contributed by atoms with Gasteiger partial charge in [-0.15, -0.1) is 0 Å². The Morgan fingerprint density at radius 3 is 2.44 bits per heavy atom. The molecule has 0 saturated carbocycles. The van der Waals surface area contributed by atoms with E-state index in [4.69, 9.17) is 0 Å². The zero-order chi connectivity index (χ0) is 13.4. The van der Waals surface area contributed by atoms with Crippen LogP contribution in [0.25, 0.3) is 0 Å². The van der Waals surface area contributed by atoms with E-state index in [0.717, 1.165) is 44.2 Å². The molecule has 0 aromatic carbocycles. The van der Waals surface area contributed by atoms with E-state index in [2.05, 4.69) is 47.9 Å². The number of nitrogens with one attached hydrogen (secondary N) is 1. The lowest BCUT2D eigenvalue weighted by Gasteiger charge is -2.21. The van der Waals surface area contributed by atoms with Crippen LogP contribution in [-0.2, 0) is 0 Å². The normalized spacial score (nSPS) is 10.7. The Hall–Kier alpha value is -1.32. The van der Waals surface area contributed by atoms with Crippen molar-refractivity contribution in [3.63, 3.8) is 0 Å². The highest BCUT2D eigenvalue weighted by molar-refractivity contribution is 5.41. The van der Waals surface area contributed by atoms with Crippen molar-refractivity contribution in [3.8, 4) is 0 Å². The monoisotopic (exact) mass is 250 g/mol. The van der Waals surface area contributed by atoms with Gasteiger partial charge in [0.15, 0.2) is 0 Å². The fraction of sp³-hybridized carbons (Fsp3) is 0.714. The first-order valence-corrected chi connectivity index (χ1v) is 6.99. The molecule has 0 amide bonds. The van der Waals surface area contributed by atoms with Crippen molar-refractivity contribution in [1.82, 2.24) is 9.97 Å². The minimum atomic E-state index is 0.616. The third-order valence-electron chi connectivity index (χ3n) is 2.60. The summed E-state index contributed by atoms with van der Waals surface area (Å²) in [6, 6.07) is 1.93. The summed E-state index contributed by atoms with van der Waals surface area (Å²) >= 11 is 0. The number of rotatable bonds is 8. The summed E-state index contributed by atoms with van der Waals surface area (Å²) in [5, 5.41) is 3.35. The fourth-order valence-electron chi connectivity index (χ4n) is 1.76. The van der Waals surface area contributed by atoms with Gasteiger partial charge in [-0.3, -0.25) is 0 Å². The van der Waals surface area contributed by atoms with Crippen molar-refractivity contribution in [2.75, 3.05) is 29.9 Å². The molecule has 0 aliphatic heterocycles. The predicted octanol–water partition coefficient (Wildman–Crippen LogP) is 3.17. The van der Waals surface area contributed by atoms with Gasteiger partial charge in [-0.1, -0.05) is 27.7 Å². The molecule has 102 valence electrons. The molecule has 0 atom stereocenters. The predicted molar refractivity (Wildman–Crippen MR) is 78.2 cm³/mol. The highest BCUT2D eigenvalue weighted by Gasteiger charge is 2.08. The smallest absolute Gasteiger partial charge is 0.227 e. The van der Waals surface area contributed by atoms with Gasteiger partial charge in [0, 0.05) is 25.8 Å². The maximum atomic E-state index is 4.59. The Balaban J connectivity index is 2.71. The van der Waals surface area contributed by atoms with Crippen LogP contribution in [0.3, 0.4) is 0 Å². The zero-order valence-corrected chi connectivity index (χ0v) is 12.1. The lowest BCUT2D eigenvalue weighted by molar-refractivity contribution is 0.685.